The Hall–Kier alpha value is -1.65. The molecule has 1 saturated heterocycles. The van der Waals surface area contributed by atoms with Crippen LogP contribution in [0, 0.1) is 17.8 Å². The molecule has 3 amide bonds. The van der Waals surface area contributed by atoms with Crippen molar-refractivity contribution in [1.82, 2.24) is 10.6 Å². The second-order valence-corrected chi connectivity index (χ2v) is 5.25. The van der Waals surface area contributed by atoms with Crippen LogP contribution in [0.4, 0.5) is 0 Å². The van der Waals surface area contributed by atoms with Crippen LogP contribution in [0.2, 0.25) is 0 Å². The predicted molar refractivity (Wildman–Crippen MR) is 69.9 cm³/mol. The van der Waals surface area contributed by atoms with Gasteiger partial charge in [0, 0.05) is 6.92 Å². The Kier molecular flexibility index (Phi) is 3.73. The number of allylic oxidation sites excluding steroid dienone is 1. The number of fused-ring (bicyclic) bond motifs is 1. The van der Waals surface area contributed by atoms with E-state index >= 15 is 0 Å². The Morgan fingerprint density at radius 1 is 1.26 bits per heavy atom. The highest BCUT2D eigenvalue weighted by molar-refractivity contribution is 6.06. The van der Waals surface area contributed by atoms with Crippen LogP contribution in [0.15, 0.2) is 11.6 Å². The van der Waals surface area contributed by atoms with Gasteiger partial charge in [0.15, 0.2) is 0 Å². The maximum Gasteiger partial charge on any atom is 0.232 e. The van der Waals surface area contributed by atoms with Crippen molar-refractivity contribution in [1.29, 1.82) is 0 Å². The fourth-order valence-corrected chi connectivity index (χ4v) is 3.26. The zero-order valence-electron chi connectivity index (χ0n) is 11.5. The van der Waals surface area contributed by atoms with Crippen LogP contribution in [0.5, 0.6) is 0 Å². The van der Waals surface area contributed by atoms with Crippen molar-refractivity contribution in [2.45, 2.75) is 39.7 Å². The first-order valence-corrected chi connectivity index (χ1v) is 6.82. The molecule has 4 atom stereocenters. The molecule has 2 aliphatic rings. The van der Waals surface area contributed by atoms with Gasteiger partial charge in [0.05, 0.1) is 17.9 Å². The zero-order valence-corrected chi connectivity index (χ0v) is 11.5. The van der Waals surface area contributed by atoms with Gasteiger partial charge in [-0.25, -0.2) is 0 Å². The van der Waals surface area contributed by atoms with Crippen molar-refractivity contribution in [2.24, 2.45) is 17.8 Å². The van der Waals surface area contributed by atoms with Crippen LogP contribution in [0.25, 0.3) is 0 Å². The second-order valence-electron chi connectivity index (χ2n) is 5.25. The summed E-state index contributed by atoms with van der Waals surface area (Å²) in [6.45, 7) is 5.45. The highest BCUT2D eigenvalue weighted by Crippen LogP contribution is 2.40. The Morgan fingerprint density at radius 3 is 2.42 bits per heavy atom. The minimum atomic E-state index is -0.457. The normalized spacial score (nSPS) is 33.5. The summed E-state index contributed by atoms with van der Waals surface area (Å²) in [5.74, 6) is -1.36. The number of imide groups is 1. The van der Waals surface area contributed by atoms with Gasteiger partial charge in [0.25, 0.3) is 0 Å². The molecule has 0 saturated carbocycles. The molecule has 1 aliphatic heterocycles. The lowest BCUT2D eigenvalue weighted by Gasteiger charge is -2.36. The first-order chi connectivity index (χ1) is 8.99. The average Bonchev–Trinajstić information content (AvgIpc) is 2.65. The van der Waals surface area contributed by atoms with E-state index in [1.807, 2.05) is 13.8 Å². The molecular weight excluding hydrogens is 244 g/mol. The third-order valence-electron chi connectivity index (χ3n) is 4.13. The van der Waals surface area contributed by atoms with Gasteiger partial charge in [-0.2, -0.15) is 0 Å². The summed E-state index contributed by atoms with van der Waals surface area (Å²) in [5.41, 5.74) is 1.05. The number of nitrogens with one attached hydrogen (secondary N) is 2. The molecule has 2 rings (SSSR count). The van der Waals surface area contributed by atoms with E-state index in [1.54, 1.807) is 0 Å². The Labute approximate surface area is 112 Å². The Morgan fingerprint density at radius 2 is 1.89 bits per heavy atom. The third kappa shape index (κ3) is 2.29. The van der Waals surface area contributed by atoms with E-state index in [2.05, 4.69) is 16.7 Å². The number of hydrogen-bond donors (Lipinski definition) is 2. The van der Waals surface area contributed by atoms with E-state index < -0.39 is 5.92 Å². The third-order valence-corrected chi connectivity index (χ3v) is 4.13. The van der Waals surface area contributed by atoms with Crippen LogP contribution in [-0.4, -0.2) is 23.8 Å². The molecule has 5 heteroatoms. The van der Waals surface area contributed by atoms with E-state index in [1.165, 1.54) is 6.92 Å². The van der Waals surface area contributed by atoms with Gasteiger partial charge in [0.2, 0.25) is 17.7 Å². The summed E-state index contributed by atoms with van der Waals surface area (Å²) in [4.78, 5) is 35.3. The van der Waals surface area contributed by atoms with Gasteiger partial charge < -0.3 is 5.32 Å². The summed E-state index contributed by atoms with van der Waals surface area (Å²) >= 11 is 0. The van der Waals surface area contributed by atoms with Crippen molar-refractivity contribution in [3.05, 3.63) is 11.6 Å². The molecule has 1 aliphatic carbocycles. The fraction of sp³-hybridized carbons (Fsp3) is 0.643. The minimum absolute atomic E-state index is 0.0800. The van der Waals surface area contributed by atoms with Crippen LogP contribution >= 0.6 is 0 Å². The summed E-state index contributed by atoms with van der Waals surface area (Å²) < 4.78 is 0. The molecule has 104 valence electrons. The van der Waals surface area contributed by atoms with Gasteiger partial charge in [-0.05, 0) is 18.8 Å². The molecule has 2 N–H and O–H groups in total. The lowest BCUT2D eigenvalue weighted by Crippen LogP contribution is -2.49. The first kappa shape index (κ1) is 13.8. The second kappa shape index (κ2) is 5.15. The SMILES string of the molecule is CCC1=C[C@H](CC)[C@@H]2C(=O)NC(=O)[C@@H]2[C@@H]1NC(C)=O. The van der Waals surface area contributed by atoms with Crippen LogP contribution in [-0.2, 0) is 14.4 Å². The molecule has 0 spiro atoms. The maximum atomic E-state index is 12.0. The van der Waals surface area contributed by atoms with Gasteiger partial charge in [-0.1, -0.05) is 25.5 Å². The number of carbonyl (C=O) groups is 3. The largest absolute Gasteiger partial charge is 0.349 e. The van der Waals surface area contributed by atoms with Crippen molar-refractivity contribution in [3.63, 3.8) is 0 Å². The zero-order chi connectivity index (χ0) is 14.2. The summed E-state index contributed by atoms with van der Waals surface area (Å²) in [7, 11) is 0. The topological polar surface area (TPSA) is 75.3 Å². The highest BCUT2D eigenvalue weighted by atomic mass is 16.2. The average molecular weight is 264 g/mol. The molecule has 0 radical (unpaired) electrons. The maximum absolute atomic E-state index is 12.0. The molecule has 0 aromatic carbocycles. The van der Waals surface area contributed by atoms with E-state index in [0.717, 1.165) is 18.4 Å². The summed E-state index contributed by atoms with van der Waals surface area (Å²) in [6, 6.07) is -0.346. The predicted octanol–water partition coefficient (Wildman–Crippen LogP) is 0.756. The van der Waals surface area contributed by atoms with E-state index in [9.17, 15) is 14.4 Å². The lowest BCUT2D eigenvalue weighted by atomic mass is 9.70. The number of carbonyl (C=O) groups excluding carboxylic acids is 3. The first-order valence-electron chi connectivity index (χ1n) is 6.82. The Bertz CT molecular complexity index is 456. The van der Waals surface area contributed by atoms with Gasteiger partial charge in [0.1, 0.15) is 0 Å². The summed E-state index contributed by atoms with van der Waals surface area (Å²) in [5, 5.41) is 5.24. The van der Waals surface area contributed by atoms with Crippen molar-refractivity contribution in [3.8, 4) is 0 Å². The fourth-order valence-electron chi connectivity index (χ4n) is 3.26. The highest BCUT2D eigenvalue weighted by Gasteiger charge is 2.51. The Balaban J connectivity index is 2.42. The minimum Gasteiger partial charge on any atom is -0.349 e. The van der Waals surface area contributed by atoms with Crippen LogP contribution in [0.1, 0.15) is 33.6 Å². The van der Waals surface area contributed by atoms with Crippen molar-refractivity contribution in [2.75, 3.05) is 0 Å². The molecule has 5 nitrogen and oxygen atoms in total. The van der Waals surface area contributed by atoms with Crippen molar-refractivity contribution >= 4 is 17.7 Å². The molecular formula is C14H20N2O3. The van der Waals surface area contributed by atoms with E-state index in [4.69, 9.17) is 0 Å². The number of rotatable bonds is 3. The van der Waals surface area contributed by atoms with Crippen LogP contribution in [0.3, 0.4) is 0 Å². The van der Waals surface area contributed by atoms with E-state index in [-0.39, 0.29) is 35.6 Å². The molecule has 1 heterocycles. The van der Waals surface area contributed by atoms with Gasteiger partial charge in [-0.3, -0.25) is 19.7 Å². The molecule has 1 fully saturated rings. The molecule has 0 bridgehead atoms. The lowest BCUT2D eigenvalue weighted by molar-refractivity contribution is -0.126. The summed E-state index contributed by atoms with van der Waals surface area (Å²) in [6.07, 6.45) is 3.66. The van der Waals surface area contributed by atoms with E-state index in [0.29, 0.717) is 0 Å². The molecule has 19 heavy (non-hydrogen) atoms. The standard InChI is InChI=1S/C14H20N2O3/c1-4-8-6-9(5-2)12(15-7(3)17)11-10(8)13(18)16-14(11)19/h6,8,10-12H,4-5H2,1-3H3,(H,15,17)(H,16,18,19)/t8-,10-,11-,12+/m0/s1. The van der Waals surface area contributed by atoms with Crippen molar-refractivity contribution < 1.29 is 14.4 Å². The monoisotopic (exact) mass is 264 g/mol. The number of hydrogen-bond acceptors (Lipinski definition) is 3. The van der Waals surface area contributed by atoms with Crippen LogP contribution < -0.4 is 10.6 Å². The molecule has 0 aromatic heterocycles. The number of amides is 3. The smallest absolute Gasteiger partial charge is 0.232 e. The molecule has 0 aromatic rings. The van der Waals surface area contributed by atoms with Gasteiger partial charge >= 0.3 is 0 Å². The quantitative estimate of drug-likeness (QED) is 0.583. The molecule has 0 unspecified atom stereocenters. The van der Waals surface area contributed by atoms with Gasteiger partial charge in [-0.15, -0.1) is 0 Å².